The molecule has 0 radical (unpaired) electrons. The lowest BCUT2D eigenvalue weighted by Crippen LogP contribution is -2.53. The molecule has 0 bridgehead atoms. The summed E-state index contributed by atoms with van der Waals surface area (Å²) in [5.41, 5.74) is 4.06. The van der Waals surface area contributed by atoms with Crippen LogP contribution in [-0.2, 0) is 21.9 Å². The first-order chi connectivity index (χ1) is 15.4. The number of carbonyl (C=O) groups is 2. The van der Waals surface area contributed by atoms with Crippen LogP contribution in [0.4, 0.5) is 0 Å². The summed E-state index contributed by atoms with van der Waals surface area (Å²) >= 11 is 13.8. The second-order valence-corrected chi connectivity index (χ2v) is 11.2. The van der Waals surface area contributed by atoms with E-state index < -0.39 is 6.04 Å². The Morgan fingerprint density at radius 2 is 1.64 bits per heavy atom. The highest BCUT2D eigenvalue weighted by Crippen LogP contribution is 2.25. The number of aryl methyl sites for hydroxylation is 2. The lowest BCUT2D eigenvalue weighted by Gasteiger charge is -2.33. The first-order valence-electron chi connectivity index (χ1n) is 11.1. The average molecular weight is 510 g/mol. The van der Waals surface area contributed by atoms with Crippen molar-refractivity contribution in [2.24, 2.45) is 0 Å². The minimum Gasteiger partial charge on any atom is -0.350 e. The molecule has 0 saturated carbocycles. The molecule has 0 aliphatic carbocycles. The van der Waals surface area contributed by atoms with E-state index in [4.69, 9.17) is 23.2 Å². The first kappa shape index (κ1) is 27.6. The van der Waals surface area contributed by atoms with Gasteiger partial charge in [0.05, 0.1) is 15.8 Å². The Morgan fingerprint density at radius 1 is 1.00 bits per heavy atom. The predicted molar refractivity (Wildman–Crippen MR) is 141 cm³/mol. The summed E-state index contributed by atoms with van der Waals surface area (Å²) in [5.74, 6) is 0.789. The zero-order valence-corrected chi connectivity index (χ0v) is 22.6. The van der Waals surface area contributed by atoms with Gasteiger partial charge in [-0.05, 0) is 64.3 Å². The Hall–Kier alpha value is -1.69. The predicted octanol–water partition coefficient (Wildman–Crippen LogP) is 6.57. The third-order valence-corrected chi connectivity index (χ3v) is 6.72. The van der Waals surface area contributed by atoms with Gasteiger partial charge in [0.1, 0.15) is 6.04 Å². The standard InChI is InChI=1S/C26H34Cl2N2O2S/c1-7-23(25(32)29-26(4,5)6)30(14-19-8-9-21(27)22(28)13-19)24(31)16-33-15-20-11-17(2)10-18(3)12-20/h8-13,23H,7,14-16H2,1-6H3,(H,29,32)/t23-/m0/s1. The van der Waals surface area contributed by atoms with Crippen LogP contribution in [-0.4, -0.2) is 34.0 Å². The second kappa shape index (κ2) is 12.1. The highest BCUT2D eigenvalue weighted by Gasteiger charge is 2.30. The van der Waals surface area contributed by atoms with E-state index in [9.17, 15) is 9.59 Å². The third kappa shape index (κ3) is 8.88. The molecule has 2 amide bonds. The number of halogens is 2. The van der Waals surface area contributed by atoms with Crippen molar-refractivity contribution in [2.75, 3.05) is 5.75 Å². The molecular formula is C26H34Cl2N2O2S. The lowest BCUT2D eigenvalue weighted by molar-refractivity contribution is -0.140. The number of amides is 2. The van der Waals surface area contributed by atoms with Crippen LogP contribution in [0.15, 0.2) is 36.4 Å². The summed E-state index contributed by atoms with van der Waals surface area (Å²) in [6, 6.07) is 11.2. The maximum absolute atomic E-state index is 13.4. The molecule has 0 aliphatic rings. The van der Waals surface area contributed by atoms with Crippen molar-refractivity contribution in [3.05, 3.63) is 68.7 Å². The van der Waals surface area contributed by atoms with E-state index in [1.165, 1.54) is 16.7 Å². The molecule has 0 aliphatic heterocycles. The maximum Gasteiger partial charge on any atom is 0.243 e. The molecule has 7 heteroatoms. The summed E-state index contributed by atoms with van der Waals surface area (Å²) in [5, 5.41) is 3.91. The molecule has 2 aromatic rings. The quantitative estimate of drug-likeness (QED) is 0.416. The van der Waals surface area contributed by atoms with Crippen molar-refractivity contribution in [2.45, 2.75) is 71.8 Å². The van der Waals surface area contributed by atoms with E-state index in [-0.39, 0.29) is 29.7 Å². The van der Waals surface area contributed by atoms with Crippen LogP contribution < -0.4 is 5.32 Å². The molecule has 2 aromatic carbocycles. The number of thioether (sulfide) groups is 1. The summed E-state index contributed by atoms with van der Waals surface area (Å²) in [6.07, 6.45) is 0.511. The molecule has 0 saturated heterocycles. The van der Waals surface area contributed by atoms with E-state index in [1.54, 1.807) is 28.8 Å². The zero-order chi connectivity index (χ0) is 24.8. The maximum atomic E-state index is 13.4. The fraction of sp³-hybridized carbons (Fsp3) is 0.462. The van der Waals surface area contributed by atoms with Gasteiger partial charge in [-0.1, -0.05) is 65.5 Å². The summed E-state index contributed by atoms with van der Waals surface area (Å²) in [7, 11) is 0. The smallest absolute Gasteiger partial charge is 0.243 e. The van der Waals surface area contributed by atoms with Gasteiger partial charge in [-0.3, -0.25) is 9.59 Å². The number of hydrogen-bond acceptors (Lipinski definition) is 3. The van der Waals surface area contributed by atoms with Gasteiger partial charge in [0.2, 0.25) is 11.8 Å². The van der Waals surface area contributed by atoms with Crippen LogP contribution in [0, 0.1) is 13.8 Å². The van der Waals surface area contributed by atoms with Crippen molar-refractivity contribution in [1.82, 2.24) is 10.2 Å². The van der Waals surface area contributed by atoms with Gasteiger partial charge in [0.15, 0.2) is 0 Å². The monoisotopic (exact) mass is 508 g/mol. The SMILES string of the molecule is CC[C@@H](C(=O)NC(C)(C)C)N(Cc1ccc(Cl)c(Cl)c1)C(=O)CSCc1cc(C)cc(C)c1. The molecule has 4 nitrogen and oxygen atoms in total. The van der Waals surface area contributed by atoms with E-state index in [2.05, 4.69) is 37.4 Å². The van der Waals surface area contributed by atoms with Crippen molar-refractivity contribution in [3.8, 4) is 0 Å². The normalized spacial score (nSPS) is 12.4. The molecule has 0 aromatic heterocycles. The van der Waals surface area contributed by atoms with E-state index in [0.29, 0.717) is 16.5 Å². The van der Waals surface area contributed by atoms with Crippen LogP contribution in [0.2, 0.25) is 10.0 Å². The number of carbonyl (C=O) groups excluding carboxylic acids is 2. The Labute approximate surface area is 212 Å². The van der Waals surface area contributed by atoms with Crippen LogP contribution in [0.1, 0.15) is 56.4 Å². The molecule has 0 spiro atoms. The largest absolute Gasteiger partial charge is 0.350 e. The van der Waals surface area contributed by atoms with Gasteiger partial charge in [-0.2, -0.15) is 0 Å². The molecular weight excluding hydrogens is 475 g/mol. The summed E-state index contributed by atoms with van der Waals surface area (Å²) < 4.78 is 0. The Kier molecular flexibility index (Phi) is 10.1. The third-order valence-electron chi connectivity index (χ3n) is 5.00. The van der Waals surface area contributed by atoms with Crippen LogP contribution in [0.25, 0.3) is 0 Å². The fourth-order valence-corrected chi connectivity index (χ4v) is 4.86. The summed E-state index contributed by atoms with van der Waals surface area (Å²) in [6.45, 7) is 12.2. The fourth-order valence-electron chi connectivity index (χ4n) is 3.70. The van der Waals surface area contributed by atoms with Gasteiger partial charge < -0.3 is 10.2 Å². The van der Waals surface area contributed by atoms with Crippen molar-refractivity contribution in [3.63, 3.8) is 0 Å². The van der Waals surface area contributed by atoms with Gasteiger partial charge in [0, 0.05) is 17.8 Å². The lowest BCUT2D eigenvalue weighted by atomic mass is 10.1. The number of hydrogen-bond donors (Lipinski definition) is 1. The number of benzene rings is 2. The number of rotatable bonds is 9. The molecule has 2 rings (SSSR count). The minimum absolute atomic E-state index is 0.0774. The van der Waals surface area contributed by atoms with Crippen molar-refractivity contribution < 1.29 is 9.59 Å². The van der Waals surface area contributed by atoms with Gasteiger partial charge >= 0.3 is 0 Å². The van der Waals surface area contributed by atoms with Crippen LogP contribution in [0.3, 0.4) is 0 Å². The highest BCUT2D eigenvalue weighted by atomic mass is 35.5. The van der Waals surface area contributed by atoms with Crippen LogP contribution in [0.5, 0.6) is 0 Å². The molecule has 1 atom stereocenters. The highest BCUT2D eigenvalue weighted by molar-refractivity contribution is 7.99. The summed E-state index contributed by atoms with van der Waals surface area (Å²) in [4.78, 5) is 28.1. The Morgan fingerprint density at radius 3 is 2.18 bits per heavy atom. The minimum atomic E-state index is -0.576. The van der Waals surface area contributed by atoms with E-state index >= 15 is 0 Å². The van der Waals surface area contributed by atoms with Crippen LogP contribution >= 0.6 is 35.0 Å². The average Bonchev–Trinajstić information content (AvgIpc) is 2.68. The first-order valence-corrected chi connectivity index (χ1v) is 13.0. The number of nitrogens with zero attached hydrogens (tertiary/aromatic N) is 1. The molecule has 0 unspecified atom stereocenters. The molecule has 1 N–H and O–H groups in total. The zero-order valence-electron chi connectivity index (χ0n) is 20.3. The molecule has 0 heterocycles. The van der Waals surface area contributed by atoms with E-state index in [0.717, 1.165) is 11.3 Å². The molecule has 180 valence electrons. The Bertz CT molecular complexity index is 968. The van der Waals surface area contributed by atoms with E-state index in [1.807, 2.05) is 33.8 Å². The van der Waals surface area contributed by atoms with Gasteiger partial charge in [0.25, 0.3) is 0 Å². The van der Waals surface area contributed by atoms with Crippen molar-refractivity contribution >= 4 is 46.8 Å². The molecule has 33 heavy (non-hydrogen) atoms. The number of nitrogens with one attached hydrogen (secondary N) is 1. The second-order valence-electron chi connectivity index (χ2n) is 9.42. The Balaban J connectivity index is 2.20. The van der Waals surface area contributed by atoms with Gasteiger partial charge in [-0.25, -0.2) is 0 Å². The van der Waals surface area contributed by atoms with Gasteiger partial charge in [-0.15, -0.1) is 11.8 Å². The molecule has 0 fully saturated rings. The van der Waals surface area contributed by atoms with Crippen molar-refractivity contribution in [1.29, 1.82) is 0 Å². The topological polar surface area (TPSA) is 49.4 Å².